The molecule has 2 aromatic rings. The van der Waals surface area contributed by atoms with Crippen LogP contribution in [0.15, 0.2) is 53.7 Å². The molecule has 1 heterocycles. The normalized spacial score (nSPS) is 21.4. The summed E-state index contributed by atoms with van der Waals surface area (Å²) in [6.45, 7) is 8.13. The number of rotatable bonds is 2. The van der Waals surface area contributed by atoms with E-state index in [0.717, 1.165) is 22.5 Å². The summed E-state index contributed by atoms with van der Waals surface area (Å²) in [5.41, 5.74) is 4.88. The molecule has 29 heavy (non-hydrogen) atoms. The van der Waals surface area contributed by atoms with E-state index < -0.39 is 0 Å². The van der Waals surface area contributed by atoms with Gasteiger partial charge in [-0.05, 0) is 66.6 Å². The largest absolute Gasteiger partial charge is 0.294 e. The number of nitrogens with zero attached hydrogens (tertiary/aromatic N) is 1. The molecule has 0 N–H and O–H groups in total. The third-order valence-electron chi connectivity index (χ3n) is 5.86. The van der Waals surface area contributed by atoms with Crippen LogP contribution in [0.4, 0.5) is 10.1 Å². The molecule has 0 fully saturated rings. The summed E-state index contributed by atoms with van der Waals surface area (Å²) in [6, 6.07) is 12.3. The Morgan fingerprint density at radius 1 is 1.00 bits per heavy atom. The summed E-state index contributed by atoms with van der Waals surface area (Å²) >= 11 is 0. The van der Waals surface area contributed by atoms with E-state index in [-0.39, 0.29) is 35.3 Å². The van der Waals surface area contributed by atoms with Crippen LogP contribution in [0.2, 0.25) is 0 Å². The van der Waals surface area contributed by atoms with E-state index in [9.17, 15) is 14.0 Å². The molecule has 1 atom stereocenters. The molecular weight excluding hydrogens is 365 g/mol. The van der Waals surface area contributed by atoms with Crippen molar-refractivity contribution in [1.82, 2.24) is 0 Å². The molecule has 0 saturated heterocycles. The van der Waals surface area contributed by atoms with Gasteiger partial charge >= 0.3 is 0 Å². The molecule has 2 aliphatic rings. The van der Waals surface area contributed by atoms with E-state index in [1.54, 1.807) is 11.0 Å². The van der Waals surface area contributed by atoms with Crippen LogP contribution in [0, 0.1) is 25.1 Å². The van der Waals surface area contributed by atoms with Crippen molar-refractivity contribution in [1.29, 1.82) is 0 Å². The van der Waals surface area contributed by atoms with Crippen molar-refractivity contribution in [3.63, 3.8) is 0 Å². The number of aryl methyl sites for hydroxylation is 2. The number of carbonyl (C=O) groups is 2. The van der Waals surface area contributed by atoms with Gasteiger partial charge in [-0.15, -0.1) is 0 Å². The Hall–Kier alpha value is -2.75. The minimum atomic E-state index is -0.390. The Bertz CT molecular complexity index is 1030. The quantitative estimate of drug-likeness (QED) is 0.668. The van der Waals surface area contributed by atoms with Gasteiger partial charge < -0.3 is 0 Å². The first-order chi connectivity index (χ1) is 13.6. The minimum Gasteiger partial charge on any atom is -0.294 e. The molecule has 2 aromatic carbocycles. The first-order valence-electron chi connectivity index (χ1n) is 10.1. The summed E-state index contributed by atoms with van der Waals surface area (Å²) in [7, 11) is 0. The average molecular weight is 391 g/mol. The Kier molecular flexibility index (Phi) is 4.68. The molecule has 150 valence electrons. The number of hydrogen-bond acceptors (Lipinski definition) is 2. The van der Waals surface area contributed by atoms with Crippen molar-refractivity contribution in [2.24, 2.45) is 5.41 Å². The SMILES string of the molecule is Cc1cc(C)cc(N2C(=O)CC(c3cccc(F)c3)C3=C2CC(C)(C)CC3=O)c1. The van der Waals surface area contributed by atoms with Crippen LogP contribution >= 0.6 is 0 Å². The lowest BCUT2D eigenvalue weighted by Gasteiger charge is -2.43. The fraction of sp³-hybridized carbons (Fsp3) is 0.360. The summed E-state index contributed by atoms with van der Waals surface area (Å²) in [6.07, 6.45) is 1.24. The third-order valence-corrected chi connectivity index (χ3v) is 5.86. The van der Waals surface area contributed by atoms with Gasteiger partial charge in [0.25, 0.3) is 0 Å². The van der Waals surface area contributed by atoms with Gasteiger partial charge in [0.15, 0.2) is 5.78 Å². The van der Waals surface area contributed by atoms with Gasteiger partial charge in [0.05, 0.1) is 0 Å². The van der Waals surface area contributed by atoms with Gasteiger partial charge in [-0.2, -0.15) is 0 Å². The highest BCUT2D eigenvalue weighted by Gasteiger charge is 2.44. The first kappa shape index (κ1) is 19.6. The fourth-order valence-corrected chi connectivity index (χ4v) is 4.80. The van der Waals surface area contributed by atoms with Crippen molar-refractivity contribution >= 4 is 17.4 Å². The van der Waals surface area contributed by atoms with Crippen molar-refractivity contribution in [2.75, 3.05) is 4.90 Å². The molecule has 1 aliphatic carbocycles. The molecule has 1 amide bonds. The topological polar surface area (TPSA) is 37.4 Å². The predicted octanol–water partition coefficient (Wildman–Crippen LogP) is 5.61. The number of halogens is 1. The van der Waals surface area contributed by atoms with Gasteiger partial charge in [-0.25, -0.2) is 4.39 Å². The van der Waals surface area contributed by atoms with Crippen LogP contribution in [-0.4, -0.2) is 11.7 Å². The second-order valence-electron chi connectivity index (χ2n) is 9.19. The number of anilines is 1. The molecule has 4 heteroatoms. The molecule has 4 rings (SSSR count). The van der Waals surface area contributed by atoms with Crippen molar-refractivity contribution in [2.45, 2.75) is 52.9 Å². The Balaban J connectivity index is 1.92. The summed E-state index contributed by atoms with van der Waals surface area (Å²) in [5, 5.41) is 0. The predicted molar refractivity (Wildman–Crippen MR) is 112 cm³/mol. The summed E-state index contributed by atoms with van der Waals surface area (Å²) in [5.74, 6) is -0.725. The smallest absolute Gasteiger partial charge is 0.232 e. The van der Waals surface area contributed by atoms with Gasteiger partial charge in [-0.1, -0.05) is 32.0 Å². The molecule has 1 unspecified atom stereocenters. The maximum atomic E-state index is 13.9. The van der Waals surface area contributed by atoms with Crippen LogP contribution in [0.5, 0.6) is 0 Å². The second kappa shape index (κ2) is 6.94. The number of amides is 1. The van der Waals surface area contributed by atoms with Gasteiger partial charge in [0, 0.05) is 35.7 Å². The van der Waals surface area contributed by atoms with E-state index in [0.29, 0.717) is 24.0 Å². The lowest BCUT2D eigenvalue weighted by atomic mass is 9.69. The standard InChI is InChI=1S/C25H26FNO2/c1-15-8-16(2)10-19(9-15)27-21-13-25(3,4)14-22(28)24(21)20(12-23(27)29)17-6-5-7-18(26)11-17/h5-11,20H,12-14H2,1-4H3. The third kappa shape index (κ3) is 3.64. The van der Waals surface area contributed by atoms with E-state index in [4.69, 9.17) is 0 Å². The van der Waals surface area contributed by atoms with Crippen LogP contribution in [0.1, 0.15) is 55.7 Å². The van der Waals surface area contributed by atoms with E-state index in [2.05, 4.69) is 19.9 Å². The Morgan fingerprint density at radius 2 is 1.69 bits per heavy atom. The van der Waals surface area contributed by atoms with Gasteiger partial charge in [0.2, 0.25) is 5.91 Å². The molecule has 0 radical (unpaired) electrons. The maximum absolute atomic E-state index is 13.9. The molecule has 0 spiro atoms. The zero-order valence-electron chi connectivity index (χ0n) is 17.4. The monoisotopic (exact) mass is 391 g/mol. The van der Waals surface area contributed by atoms with Crippen molar-refractivity contribution in [3.05, 3.63) is 76.2 Å². The number of benzene rings is 2. The van der Waals surface area contributed by atoms with Crippen molar-refractivity contribution < 1.29 is 14.0 Å². The molecular formula is C25H26FNO2. The van der Waals surface area contributed by atoms with Gasteiger partial charge in [-0.3, -0.25) is 14.5 Å². The van der Waals surface area contributed by atoms with E-state index in [1.165, 1.54) is 12.1 Å². The van der Waals surface area contributed by atoms with Gasteiger partial charge in [0.1, 0.15) is 5.82 Å². The highest BCUT2D eigenvalue weighted by Crippen LogP contribution is 2.48. The number of allylic oxidation sites excluding steroid dienone is 2. The average Bonchev–Trinajstić information content (AvgIpc) is 2.58. The second-order valence-corrected chi connectivity index (χ2v) is 9.19. The summed E-state index contributed by atoms with van der Waals surface area (Å²) in [4.78, 5) is 28.3. The lowest BCUT2D eigenvalue weighted by Crippen LogP contribution is -2.43. The minimum absolute atomic E-state index is 0.0477. The van der Waals surface area contributed by atoms with E-state index >= 15 is 0 Å². The number of ketones is 1. The van der Waals surface area contributed by atoms with Crippen LogP contribution < -0.4 is 4.90 Å². The molecule has 0 saturated carbocycles. The zero-order chi connectivity index (χ0) is 20.9. The molecule has 0 aromatic heterocycles. The number of carbonyl (C=O) groups excluding carboxylic acids is 2. The highest BCUT2D eigenvalue weighted by molar-refractivity contribution is 6.07. The van der Waals surface area contributed by atoms with E-state index in [1.807, 2.05) is 32.0 Å². The molecule has 0 bridgehead atoms. The fourth-order valence-electron chi connectivity index (χ4n) is 4.80. The maximum Gasteiger partial charge on any atom is 0.232 e. The Labute approximate surface area is 171 Å². The highest BCUT2D eigenvalue weighted by atomic mass is 19.1. The van der Waals surface area contributed by atoms with Crippen molar-refractivity contribution in [3.8, 4) is 0 Å². The van der Waals surface area contributed by atoms with Crippen LogP contribution in [0.25, 0.3) is 0 Å². The molecule has 3 nitrogen and oxygen atoms in total. The first-order valence-corrected chi connectivity index (χ1v) is 10.1. The van der Waals surface area contributed by atoms with Crippen LogP contribution in [-0.2, 0) is 9.59 Å². The lowest BCUT2D eigenvalue weighted by molar-refractivity contribution is -0.121. The summed E-state index contributed by atoms with van der Waals surface area (Å²) < 4.78 is 13.9. The number of Topliss-reactive ketones (excluding diaryl/α,β-unsaturated/α-hetero) is 1. The Morgan fingerprint density at radius 3 is 2.34 bits per heavy atom. The zero-order valence-corrected chi connectivity index (χ0v) is 17.4. The number of hydrogen-bond donors (Lipinski definition) is 0. The van der Waals surface area contributed by atoms with Crippen LogP contribution in [0.3, 0.4) is 0 Å². The molecule has 1 aliphatic heterocycles.